The van der Waals surface area contributed by atoms with Gasteiger partial charge in [-0.25, -0.2) is 9.67 Å². The molecule has 5 nitrogen and oxygen atoms in total. The number of H-pyrrole nitrogens is 1. The molecule has 2 aromatic rings. The smallest absolute Gasteiger partial charge is 0.311 e. The van der Waals surface area contributed by atoms with Gasteiger partial charge in [-0.1, -0.05) is 0 Å². The first-order chi connectivity index (χ1) is 6.97. The first-order valence-electron chi connectivity index (χ1n) is 3.93. The van der Waals surface area contributed by atoms with Gasteiger partial charge in [0.25, 0.3) is 5.56 Å². The second kappa shape index (κ2) is 3.07. The number of hydrogen-bond donors (Lipinski definition) is 1. The standard InChI is InChI=1S/C7H5F3N4O/c8-7(9,10)2-14-5-4(1-13-14)11-3-12-6(5)15/h1,3H,2H2,(H,11,12,15). The van der Waals surface area contributed by atoms with E-state index in [-0.39, 0.29) is 11.0 Å². The summed E-state index contributed by atoms with van der Waals surface area (Å²) >= 11 is 0. The van der Waals surface area contributed by atoms with Gasteiger partial charge in [-0.3, -0.25) is 4.79 Å². The van der Waals surface area contributed by atoms with Crippen molar-refractivity contribution in [1.82, 2.24) is 19.7 Å². The van der Waals surface area contributed by atoms with E-state index in [4.69, 9.17) is 0 Å². The summed E-state index contributed by atoms with van der Waals surface area (Å²) in [6.07, 6.45) is -2.18. The molecule has 0 saturated carbocycles. The van der Waals surface area contributed by atoms with Crippen molar-refractivity contribution in [2.24, 2.45) is 0 Å². The van der Waals surface area contributed by atoms with Gasteiger partial charge in [0.05, 0.1) is 12.5 Å². The van der Waals surface area contributed by atoms with Gasteiger partial charge >= 0.3 is 6.18 Å². The van der Waals surface area contributed by atoms with Gasteiger partial charge < -0.3 is 4.98 Å². The number of nitrogens with zero attached hydrogens (tertiary/aromatic N) is 3. The maximum Gasteiger partial charge on any atom is 0.408 e. The van der Waals surface area contributed by atoms with Crippen molar-refractivity contribution >= 4 is 11.0 Å². The summed E-state index contributed by atoms with van der Waals surface area (Å²) in [5.74, 6) is 0. The van der Waals surface area contributed by atoms with E-state index in [9.17, 15) is 18.0 Å². The number of alkyl halides is 3. The van der Waals surface area contributed by atoms with Gasteiger partial charge in [-0.05, 0) is 0 Å². The zero-order chi connectivity index (χ0) is 11.1. The van der Waals surface area contributed by atoms with Gasteiger partial charge in [0, 0.05) is 0 Å². The van der Waals surface area contributed by atoms with Gasteiger partial charge in [0.2, 0.25) is 0 Å². The fourth-order valence-electron chi connectivity index (χ4n) is 1.22. The van der Waals surface area contributed by atoms with Crippen molar-refractivity contribution in [2.45, 2.75) is 12.7 Å². The van der Waals surface area contributed by atoms with Gasteiger partial charge in [0.1, 0.15) is 12.1 Å². The lowest BCUT2D eigenvalue weighted by molar-refractivity contribution is -0.141. The van der Waals surface area contributed by atoms with Crippen molar-refractivity contribution in [1.29, 1.82) is 0 Å². The third-order valence-corrected chi connectivity index (χ3v) is 1.76. The van der Waals surface area contributed by atoms with Crippen LogP contribution in [0.1, 0.15) is 0 Å². The average molecular weight is 218 g/mol. The third-order valence-electron chi connectivity index (χ3n) is 1.76. The van der Waals surface area contributed by atoms with Crippen LogP contribution in [-0.2, 0) is 6.54 Å². The summed E-state index contributed by atoms with van der Waals surface area (Å²) in [5, 5.41) is 3.46. The SMILES string of the molecule is O=c1[nH]cnc2cnn(CC(F)(F)F)c12. The summed E-state index contributed by atoms with van der Waals surface area (Å²) in [4.78, 5) is 17.1. The van der Waals surface area contributed by atoms with Crippen LogP contribution in [0, 0.1) is 0 Å². The van der Waals surface area contributed by atoms with Crippen LogP contribution in [0.3, 0.4) is 0 Å². The van der Waals surface area contributed by atoms with Gasteiger partial charge in [-0.15, -0.1) is 0 Å². The molecule has 0 spiro atoms. The normalized spacial score (nSPS) is 12.2. The summed E-state index contributed by atoms with van der Waals surface area (Å²) in [5.41, 5.74) is -0.667. The fraction of sp³-hybridized carbons (Fsp3) is 0.286. The fourth-order valence-corrected chi connectivity index (χ4v) is 1.22. The van der Waals surface area contributed by atoms with Crippen LogP contribution in [-0.4, -0.2) is 25.9 Å². The number of fused-ring (bicyclic) bond motifs is 1. The molecule has 0 fully saturated rings. The van der Waals surface area contributed by atoms with E-state index < -0.39 is 18.3 Å². The Hall–Kier alpha value is -1.86. The monoisotopic (exact) mass is 218 g/mol. The topological polar surface area (TPSA) is 63.6 Å². The van der Waals surface area contributed by atoms with E-state index in [1.807, 2.05) is 0 Å². The molecule has 0 atom stereocenters. The highest BCUT2D eigenvalue weighted by molar-refractivity contribution is 5.72. The second-order valence-corrected chi connectivity index (χ2v) is 2.88. The lowest BCUT2D eigenvalue weighted by Crippen LogP contribution is -2.21. The first kappa shape index (κ1) is 9.69. The lowest BCUT2D eigenvalue weighted by atomic mass is 10.4. The minimum Gasteiger partial charge on any atom is -0.311 e. The maximum atomic E-state index is 12.1. The molecule has 8 heteroatoms. The summed E-state index contributed by atoms with van der Waals surface area (Å²) in [7, 11) is 0. The molecule has 0 saturated heterocycles. The molecule has 80 valence electrons. The Morgan fingerprint density at radius 3 is 2.87 bits per heavy atom. The molecule has 0 aliphatic heterocycles. The van der Waals surface area contributed by atoms with Crippen molar-refractivity contribution in [3.63, 3.8) is 0 Å². The Morgan fingerprint density at radius 1 is 1.47 bits per heavy atom. The third kappa shape index (κ3) is 1.83. The number of aromatic amines is 1. The number of rotatable bonds is 1. The molecule has 2 rings (SSSR count). The minimum atomic E-state index is -4.42. The van der Waals surface area contributed by atoms with E-state index in [1.54, 1.807) is 0 Å². The molecule has 0 amide bonds. The number of aromatic nitrogens is 4. The number of hydrogen-bond acceptors (Lipinski definition) is 3. The molecule has 0 aromatic carbocycles. The molecule has 0 radical (unpaired) electrons. The molecular formula is C7H5F3N4O. The van der Waals surface area contributed by atoms with Crippen LogP contribution >= 0.6 is 0 Å². The Bertz CT molecular complexity index is 541. The zero-order valence-electron chi connectivity index (χ0n) is 7.25. The summed E-state index contributed by atoms with van der Waals surface area (Å²) in [6.45, 7) is -1.30. The van der Waals surface area contributed by atoms with Crippen LogP contribution in [0.25, 0.3) is 11.0 Å². The zero-order valence-corrected chi connectivity index (χ0v) is 7.25. The van der Waals surface area contributed by atoms with Gasteiger partial charge in [0.15, 0.2) is 5.52 Å². The van der Waals surface area contributed by atoms with E-state index in [0.29, 0.717) is 4.68 Å². The number of halogens is 3. The molecule has 0 aliphatic carbocycles. The lowest BCUT2D eigenvalue weighted by Gasteiger charge is -2.06. The quantitative estimate of drug-likeness (QED) is 0.765. The Kier molecular flexibility index (Phi) is 1.98. The summed E-state index contributed by atoms with van der Waals surface area (Å²) in [6, 6.07) is 0. The van der Waals surface area contributed by atoms with Crippen LogP contribution in [0.15, 0.2) is 17.3 Å². The predicted molar refractivity (Wildman–Crippen MR) is 44.2 cm³/mol. The second-order valence-electron chi connectivity index (χ2n) is 2.88. The molecule has 0 aliphatic rings. The largest absolute Gasteiger partial charge is 0.408 e. The highest BCUT2D eigenvalue weighted by atomic mass is 19.4. The molecular weight excluding hydrogens is 213 g/mol. The maximum absolute atomic E-state index is 12.1. The number of nitrogens with one attached hydrogen (secondary N) is 1. The van der Waals surface area contributed by atoms with E-state index in [1.165, 1.54) is 0 Å². The molecule has 0 unspecified atom stereocenters. The Morgan fingerprint density at radius 2 is 2.20 bits per heavy atom. The highest BCUT2D eigenvalue weighted by Crippen LogP contribution is 2.18. The van der Waals surface area contributed by atoms with E-state index in [0.717, 1.165) is 12.5 Å². The van der Waals surface area contributed by atoms with E-state index in [2.05, 4.69) is 15.1 Å². The van der Waals surface area contributed by atoms with Crippen LogP contribution in [0.2, 0.25) is 0 Å². The highest BCUT2D eigenvalue weighted by Gasteiger charge is 2.29. The molecule has 1 N–H and O–H groups in total. The minimum absolute atomic E-state index is 0.142. The van der Waals surface area contributed by atoms with Crippen LogP contribution < -0.4 is 5.56 Å². The molecule has 2 heterocycles. The molecule has 2 aromatic heterocycles. The predicted octanol–water partition coefficient (Wildman–Crippen LogP) is 0.682. The average Bonchev–Trinajstić information content (AvgIpc) is 2.47. The van der Waals surface area contributed by atoms with Crippen LogP contribution in [0.4, 0.5) is 13.2 Å². The Balaban J connectivity index is 2.58. The Labute approximate surface area is 80.5 Å². The first-order valence-corrected chi connectivity index (χ1v) is 3.93. The van der Waals surface area contributed by atoms with Crippen molar-refractivity contribution in [3.05, 3.63) is 22.9 Å². The van der Waals surface area contributed by atoms with Gasteiger partial charge in [-0.2, -0.15) is 18.3 Å². The van der Waals surface area contributed by atoms with Crippen LogP contribution in [0.5, 0.6) is 0 Å². The molecule has 0 bridgehead atoms. The van der Waals surface area contributed by atoms with Crippen molar-refractivity contribution in [3.8, 4) is 0 Å². The summed E-state index contributed by atoms with van der Waals surface area (Å²) < 4.78 is 36.8. The molecule has 15 heavy (non-hydrogen) atoms. The van der Waals surface area contributed by atoms with E-state index >= 15 is 0 Å². The van der Waals surface area contributed by atoms with Crippen molar-refractivity contribution in [2.75, 3.05) is 0 Å². The van der Waals surface area contributed by atoms with Crippen molar-refractivity contribution < 1.29 is 13.2 Å².